The molecule has 0 aliphatic heterocycles. The van der Waals surface area contributed by atoms with Gasteiger partial charge in [-0.2, -0.15) is 0 Å². The van der Waals surface area contributed by atoms with Crippen molar-refractivity contribution >= 4 is 23.6 Å². The Morgan fingerprint density at radius 3 is 2.25 bits per heavy atom. The number of thioether (sulfide) groups is 1. The van der Waals surface area contributed by atoms with E-state index in [1.807, 2.05) is 61.5 Å². The molecule has 2 amide bonds. The quantitative estimate of drug-likeness (QED) is 0.339. The van der Waals surface area contributed by atoms with E-state index in [4.69, 9.17) is 0 Å². The monoisotopic (exact) mass is 506 g/mol. The lowest BCUT2D eigenvalue weighted by Gasteiger charge is -2.32. The number of nitrogens with one attached hydrogen (secondary N) is 1. The van der Waals surface area contributed by atoms with Gasteiger partial charge in [-0.3, -0.25) is 9.59 Å². The molecule has 0 heterocycles. The molecule has 1 unspecified atom stereocenters. The summed E-state index contributed by atoms with van der Waals surface area (Å²) in [5, 5.41) is 3.05. The molecule has 1 N–H and O–H groups in total. The normalized spacial score (nSPS) is 11.8. The first-order chi connectivity index (χ1) is 17.3. The predicted molar refractivity (Wildman–Crippen MR) is 146 cm³/mol. The molecular formula is C30H35FN2O2S. The number of aryl methyl sites for hydroxylation is 1. The number of carbonyl (C=O) groups excluding carboxylic acids is 2. The maximum Gasteiger partial charge on any atom is 0.243 e. The molecule has 4 nitrogen and oxygen atoms in total. The minimum Gasteiger partial charge on any atom is -0.354 e. The number of halogens is 1. The van der Waals surface area contributed by atoms with E-state index in [0.29, 0.717) is 31.2 Å². The minimum absolute atomic E-state index is 0.0917. The number of nitrogens with zero attached hydrogens (tertiary/aromatic N) is 1. The molecule has 0 spiro atoms. The fourth-order valence-electron chi connectivity index (χ4n) is 3.87. The summed E-state index contributed by atoms with van der Waals surface area (Å²) in [7, 11) is 0. The third-order valence-corrected chi connectivity index (χ3v) is 6.95. The van der Waals surface area contributed by atoms with Crippen LogP contribution in [-0.2, 0) is 28.3 Å². The first-order valence-corrected chi connectivity index (χ1v) is 13.5. The standard InChI is InChI=1S/C30H35FN2O2S/c1-22(2)18-32-30(35)28(17-24-10-5-4-6-11-24)33(19-26-12-8-7-9-23(26)3)29(34)21-36-20-25-13-15-27(31)16-14-25/h4-16,22,28H,17-21H2,1-3H3,(H,32,35). The molecule has 0 saturated heterocycles. The van der Waals surface area contributed by atoms with E-state index in [-0.39, 0.29) is 23.4 Å². The van der Waals surface area contributed by atoms with Gasteiger partial charge in [0.1, 0.15) is 11.9 Å². The Bertz CT molecular complexity index is 1120. The van der Waals surface area contributed by atoms with Crippen LogP contribution in [0.1, 0.15) is 36.1 Å². The van der Waals surface area contributed by atoms with Crippen molar-refractivity contribution in [2.45, 2.75) is 45.5 Å². The molecule has 3 aromatic rings. The average Bonchev–Trinajstić information content (AvgIpc) is 2.87. The highest BCUT2D eigenvalue weighted by Crippen LogP contribution is 2.20. The molecular weight excluding hydrogens is 471 g/mol. The van der Waals surface area contributed by atoms with Crippen molar-refractivity contribution in [3.8, 4) is 0 Å². The average molecular weight is 507 g/mol. The maximum atomic E-state index is 13.6. The van der Waals surface area contributed by atoms with Crippen LogP contribution in [-0.4, -0.2) is 35.1 Å². The third-order valence-electron chi connectivity index (χ3n) is 5.97. The minimum atomic E-state index is -0.635. The van der Waals surface area contributed by atoms with Crippen LogP contribution < -0.4 is 5.32 Å². The lowest BCUT2D eigenvalue weighted by molar-refractivity contribution is -0.139. The predicted octanol–water partition coefficient (Wildman–Crippen LogP) is 5.78. The van der Waals surface area contributed by atoms with Gasteiger partial charge in [-0.1, -0.05) is 80.6 Å². The summed E-state index contributed by atoms with van der Waals surface area (Å²) in [5.41, 5.74) is 4.05. The number of carbonyl (C=O) groups is 2. The van der Waals surface area contributed by atoms with Gasteiger partial charge in [0.15, 0.2) is 0 Å². The largest absolute Gasteiger partial charge is 0.354 e. The molecule has 3 rings (SSSR count). The van der Waals surface area contributed by atoms with Crippen LogP contribution in [0.4, 0.5) is 4.39 Å². The van der Waals surface area contributed by atoms with Crippen molar-refractivity contribution < 1.29 is 14.0 Å². The van der Waals surface area contributed by atoms with Crippen LogP contribution in [0.15, 0.2) is 78.9 Å². The summed E-state index contributed by atoms with van der Waals surface area (Å²) in [6.07, 6.45) is 0.436. The molecule has 0 aromatic heterocycles. The highest BCUT2D eigenvalue weighted by Gasteiger charge is 2.30. The lowest BCUT2D eigenvalue weighted by atomic mass is 10.0. The lowest BCUT2D eigenvalue weighted by Crippen LogP contribution is -2.51. The Morgan fingerprint density at radius 1 is 0.917 bits per heavy atom. The van der Waals surface area contributed by atoms with Gasteiger partial charge in [-0.25, -0.2) is 4.39 Å². The van der Waals surface area contributed by atoms with Gasteiger partial charge < -0.3 is 10.2 Å². The fourth-order valence-corrected chi connectivity index (χ4v) is 4.74. The van der Waals surface area contributed by atoms with Crippen molar-refractivity contribution in [3.05, 3.63) is 107 Å². The molecule has 0 saturated carbocycles. The smallest absolute Gasteiger partial charge is 0.243 e. The Balaban J connectivity index is 1.84. The Hall–Kier alpha value is -3.12. The van der Waals surface area contributed by atoms with E-state index in [0.717, 1.165) is 22.3 Å². The zero-order valence-electron chi connectivity index (χ0n) is 21.2. The highest BCUT2D eigenvalue weighted by atomic mass is 32.2. The van der Waals surface area contributed by atoms with Gasteiger partial charge in [0.05, 0.1) is 5.75 Å². The van der Waals surface area contributed by atoms with Crippen molar-refractivity contribution in [2.75, 3.05) is 12.3 Å². The third kappa shape index (κ3) is 8.52. The van der Waals surface area contributed by atoms with Gasteiger partial charge in [0, 0.05) is 25.3 Å². The van der Waals surface area contributed by atoms with Crippen molar-refractivity contribution in [3.63, 3.8) is 0 Å². The summed E-state index contributed by atoms with van der Waals surface area (Å²) in [6.45, 7) is 7.03. The molecule has 0 radical (unpaired) electrons. The Kier molecular flexibility index (Phi) is 10.6. The second-order valence-corrected chi connectivity index (χ2v) is 10.4. The van der Waals surface area contributed by atoms with Gasteiger partial charge in [-0.15, -0.1) is 11.8 Å². The highest BCUT2D eigenvalue weighted by molar-refractivity contribution is 7.99. The Labute approximate surface area is 218 Å². The molecule has 0 fully saturated rings. The zero-order valence-corrected chi connectivity index (χ0v) is 22.1. The van der Waals surface area contributed by atoms with E-state index in [1.54, 1.807) is 17.0 Å². The molecule has 0 aliphatic carbocycles. The molecule has 0 aliphatic rings. The zero-order chi connectivity index (χ0) is 25.9. The molecule has 36 heavy (non-hydrogen) atoms. The number of amides is 2. The van der Waals surface area contributed by atoms with E-state index in [2.05, 4.69) is 19.2 Å². The van der Waals surface area contributed by atoms with Gasteiger partial charge in [0.2, 0.25) is 11.8 Å². The summed E-state index contributed by atoms with van der Waals surface area (Å²) < 4.78 is 13.2. The SMILES string of the molecule is Cc1ccccc1CN(C(=O)CSCc1ccc(F)cc1)C(Cc1ccccc1)C(=O)NCC(C)C. The summed E-state index contributed by atoms with van der Waals surface area (Å²) in [5.74, 6) is 0.613. The van der Waals surface area contributed by atoms with Crippen LogP contribution in [0, 0.1) is 18.7 Å². The summed E-state index contributed by atoms with van der Waals surface area (Å²) in [4.78, 5) is 28.8. The van der Waals surface area contributed by atoms with Crippen LogP contribution in [0.2, 0.25) is 0 Å². The topological polar surface area (TPSA) is 49.4 Å². The van der Waals surface area contributed by atoms with Crippen LogP contribution in [0.5, 0.6) is 0 Å². The molecule has 190 valence electrons. The van der Waals surface area contributed by atoms with Gasteiger partial charge in [0.25, 0.3) is 0 Å². The van der Waals surface area contributed by atoms with E-state index >= 15 is 0 Å². The number of benzene rings is 3. The van der Waals surface area contributed by atoms with Crippen molar-refractivity contribution in [1.29, 1.82) is 0 Å². The van der Waals surface area contributed by atoms with Gasteiger partial charge in [-0.05, 0) is 47.2 Å². The van der Waals surface area contributed by atoms with E-state index < -0.39 is 6.04 Å². The molecule has 3 aromatic carbocycles. The van der Waals surface area contributed by atoms with E-state index in [9.17, 15) is 14.0 Å². The van der Waals surface area contributed by atoms with Gasteiger partial charge >= 0.3 is 0 Å². The van der Waals surface area contributed by atoms with Crippen molar-refractivity contribution in [2.24, 2.45) is 5.92 Å². The molecule has 6 heteroatoms. The second-order valence-electron chi connectivity index (χ2n) is 9.41. The fraction of sp³-hybridized carbons (Fsp3) is 0.333. The van der Waals surface area contributed by atoms with Crippen LogP contribution in [0.25, 0.3) is 0 Å². The van der Waals surface area contributed by atoms with E-state index in [1.165, 1.54) is 23.9 Å². The summed E-state index contributed by atoms with van der Waals surface area (Å²) >= 11 is 1.47. The number of rotatable bonds is 12. The first-order valence-electron chi connectivity index (χ1n) is 12.3. The summed E-state index contributed by atoms with van der Waals surface area (Å²) in [6, 6.07) is 23.5. The van der Waals surface area contributed by atoms with Crippen LogP contribution in [0.3, 0.4) is 0 Å². The van der Waals surface area contributed by atoms with Crippen molar-refractivity contribution in [1.82, 2.24) is 10.2 Å². The maximum absolute atomic E-state index is 13.6. The number of hydrogen-bond donors (Lipinski definition) is 1. The molecule has 1 atom stereocenters. The van der Waals surface area contributed by atoms with Crippen LogP contribution >= 0.6 is 11.8 Å². The second kappa shape index (κ2) is 13.8. The molecule has 0 bridgehead atoms. The first kappa shape index (κ1) is 27.5. The number of hydrogen-bond acceptors (Lipinski definition) is 3. The Morgan fingerprint density at radius 2 is 1.58 bits per heavy atom.